The summed E-state index contributed by atoms with van der Waals surface area (Å²) in [5, 5.41) is -0.187. The lowest BCUT2D eigenvalue weighted by Gasteiger charge is -2.62. The first-order valence-electron chi connectivity index (χ1n) is 18.6. The molecule has 11 heteroatoms. The minimum absolute atomic E-state index is 0.0312. The van der Waals surface area contributed by atoms with E-state index in [1.807, 2.05) is 27.7 Å². The number of rotatable bonds is 5. The first kappa shape index (κ1) is 33.6. The molecule has 8 aliphatic heterocycles. The summed E-state index contributed by atoms with van der Waals surface area (Å²) in [6.45, 7) is 17.1. The van der Waals surface area contributed by atoms with Crippen molar-refractivity contribution in [3.63, 3.8) is 0 Å². The number of hydrogen-bond acceptors (Lipinski definition) is 11. The second-order valence-electron chi connectivity index (χ2n) is 17.1. The fourth-order valence-corrected chi connectivity index (χ4v) is 12.0. The van der Waals surface area contributed by atoms with Crippen LogP contribution >= 0.6 is 11.8 Å². The van der Waals surface area contributed by atoms with Crippen molar-refractivity contribution in [2.45, 2.75) is 172 Å². The molecule has 0 aromatic carbocycles. The van der Waals surface area contributed by atoms with Gasteiger partial charge in [-0.05, 0) is 99.6 Å². The van der Waals surface area contributed by atoms with E-state index < -0.39 is 47.6 Å². The van der Waals surface area contributed by atoms with Gasteiger partial charge in [-0.25, -0.2) is 24.3 Å². The summed E-state index contributed by atoms with van der Waals surface area (Å²) >= 11 is 1.21. The lowest BCUT2D eigenvalue weighted by atomic mass is 9.56. The molecule has 10 rings (SSSR count). The molecule has 8 saturated heterocycles. The average Bonchev–Trinajstić information content (AvgIpc) is 3.38. The highest BCUT2D eigenvalue weighted by Gasteiger charge is 2.72. The molecule has 0 aromatic heterocycles. The summed E-state index contributed by atoms with van der Waals surface area (Å²) in [5.41, 5.74) is -1.32. The molecule has 10 nitrogen and oxygen atoms in total. The zero-order valence-electron chi connectivity index (χ0n) is 29.4. The van der Waals surface area contributed by atoms with Crippen LogP contribution in [0, 0.1) is 47.3 Å². The van der Waals surface area contributed by atoms with E-state index in [4.69, 9.17) is 43.2 Å². The second-order valence-corrected chi connectivity index (χ2v) is 18.6. The molecule has 4 bridgehead atoms. The molecule has 2 spiro atoms. The number of thioether (sulfide) groups is 1. The Balaban J connectivity index is 1.12. The fourth-order valence-electron chi connectivity index (χ4n) is 11.4. The van der Waals surface area contributed by atoms with Crippen LogP contribution in [0.2, 0.25) is 0 Å². The molecule has 10 fully saturated rings. The average molecular weight is 681 g/mol. The van der Waals surface area contributed by atoms with Crippen molar-refractivity contribution in [2.75, 3.05) is 0 Å². The van der Waals surface area contributed by atoms with Crippen molar-refractivity contribution in [1.82, 2.24) is 0 Å². The number of hydrogen-bond donors (Lipinski definition) is 0. The van der Waals surface area contributed by atoms with Gasteiger partial charge in [0, 0.05) is 36.3 Å². The van der Waals surface area contributed by atoms with E-state index in [1.165, 1.54) is 11.8 Å². The van der Waals surface area contributed by atoms with Crippen molar-refractivity contribution >= 4 is 17.1 Å². The van der Waals surface area contributed by atoms with Gasteiger partial charge < -0.3 is 23.7 Å². The highest BCUT2D eigenvalue weighted by atomic mass is 32.2. The quantitative estimate of drug-likeness (QED) is 0.213. The van der Waals surface area contributed by atoms with E-state index in [9.17, 15) is 4.79 Å². The van der Waals surface area contributed by atoms with Gasteiger partial charge in [0.05, 0.1) is 6.10 Å². The summed E-state index contributed by atoms with van der Waals surface area (Å²) in [5.74, 6) is 0.280. The molecule has 8 heterocycles. The predicted octanol–water partition coefficient (Wildman–Crippen LogP) is 7.52. The molecular weight excluding hydrogens is 624 g/mol. The summed E-state index contributed by atoms with van der Waals surface area (Å²) in [6.07, 6.45) is 5.87. The lowest BCUT2D eigenvalue weighted by molar-refractivity contribution is -0.573. The number of carbonyl (C=O) groups is 1. The van der Waals surface area contributed by atoms with Crippen LogP contribution in [0.3, 0.4) is 0 Å². The molecular formula is C36H56O10S. The second kappa shape index (κ2) is 11.8. The molecule has 10 aliphatic rings. The van der Waals surface area contributed by atoms with Crippen molar-refractivity contribution in [3.8, 4) is 0 Å². The topological polar surface area (TPSA) is 100 Å². The van der Waals surface area contributed by atoms with E-state index in [-0.39, 0.29) is 46.2 Å². The van der Waals surface area contributed by atoms with Gasteiger partial charge in [-0.1, -0.05) is 41.5 Å². The molecule has 17 atom stereocenters. The molecule has 266 valence electrons. The Kier molecular flexibility index (Phi) is 8.42. The maximum Gasteiger partial charge on any atom is 0.367 e. The summed E-state index contributed by atoms with van der Waals surface area (Å²) in [6, 6.07) is 0. The third kappa shape index (κ3) is 5.13. The first-order valence-corrected chi connectivity index (χ1v) is 19.4. The molecule has 0 aromatic rings. The van der Waals surface area contributed by atoms with Gasteiger partial charge in [-0.15, -0.1) is 0 Å². The highest BCUT2D eigenvalue weighted by Crippen LogP contribution is 2.63. The van der Waals surface area contributed by atoms with Crippen LogP contribution in [0.1, 0.15) is 113 Å². The van der Waals surface area contributed by atoms with Crippen LogP contribution in [-0.2, 0) is 43.2 Å². The SMILES string of the molecule is CC(C)SC(=O)O[C@@H](C[C@H]1O[C@@H]2O[C@]3(C)CC[C@H]4[C@H](C)CC[C@@H]([C@H]1C)[C@@]24OO3)[C@H]1O[C@@H]2O[C@]3(C)CC[C@H]4[C@H](C)CC[C@@H]([C@H]1C)[C@@]24OO3. The van der Waals surface area contributed by atoms with E-state index >= 15 is 0 Å². The van der Waals surface area contributed by atoms with Gasteiger partial charge in [0.15, 0.2) is 23.8 Å². The Labute approximate surface area is 284 Å². The minimum Gasteiger partial charge on any atom is -0.451 e. The van der Waals surface area contributed by atoms with E-state index in [0.717, 1.165) is 51.4 Å². The van der Waals surface area contributed by atoms with Gasteiger partial charge >= 0.3 is 5.30 Å². The van der Waals surface area contributed by atoms with E-state index in [1.54, 1.807) is 0 Å². The highest BCUT2D eigenvalue weighted by molar-refractivity contribution is 8.13. The Bertz CT molecular complexity index is 1220. The molecule has 0 N–H and O–H groups in total. The van der Waals surface area contributed by atoms with Crippen molar-refractivity contribution in [3.05, 3.63) is 0 Å². The number of carbonyl (C=O) groups excluding carboxylic acids is 1. The summed E-state index contributed by atoms with van der Waals surface area (Å²) < 4.78 is 33.8. The van der Waals surface area contributed by atoms with Gasteiger partial charge in [0.25, 0.3) is 0 Å². The smallest absolute Gasteiger partial charge is 0.367 e. The Morgan fingerprint density at radius 1 is 0.723 bits per heavy atom. The van der Waals surface area contributed by atoms with Crippen LogP contribution in [0.4, 0.5) is 4.79 Å². The van der Waals surface area contributed by atoms with Crippen LogP contribution in [-0.4, -0.2) is 64.2 Å². The van der Waals surface area contributed by atoms with E-state index in [0.29, 0.717) is 24.2 Å². The van der Waals surface area contributed by atoms with Crippen LogP contribution < -0.4 is 0 Å². The summed E-state index contributed by atoms with van der Waals surface area (Å²) in [4.78, 5) is 38.4. The maximum atomic E-state index is 13.4. The van der Waals surface area contributed by atoms with Crippen molar-refractivity contribution in [1.29, 1.82) is 0 Å². The molecule has 47 heavy (non-hydrogen) atoms. The molecule has 0 unspecified atom stereocenters. The van der Waals surface area contributed by atoms with Crippen molar-refractivity contribution < 1.29 is 48.0 Å². The number of ether oxygens (including phenoxy) is 5. The van der Waals surface area contributed by atoms with Gasteiger partial charge in [-0.2, -0.15) is 0 Å². The largest absolute Gasteiger partial charge is 0.451 e. The summed E-state index contributed by atoms with van der Waals surface area (Å²) in [7, 11) is 0. The van der Waals surface area contributed by atoms with E-state index in [2.05, 4.69) is 27.7 Å². The maximum absolute atomic E-state index is 13.4. The van der Waals surface area contributed by atoms with Crippen LogP contribution in [0.5, 0.6) is 0 Å². The van der Waals surface area contributed by atoms with Gasteiger partial charge in [-0.3, -0.25) is 0 Å². The number of fused-ring (bicyclic) bond motifs is 4. The fraction of sp³-hybridized carbons (Fsp3) is 0.972. The minimum atomic E-state index is -0.874. The molecule has 2 aliphatic carbocycles. The normalized spacial score (nSPS) is 55.4. The zero-order valence-corrected chi connectivity index (χ0v) is 30.3. The van der Waals surface area contributed by atoms with Crippen LogP contribution in [0.15, 0.2) is 0 Å². The monoisotopic (exact) mass is 680 g/mol. The Morgan fingerprint density at radius 2 is 1.26 bits per heavy atom. The first-order chi connectivity index (χ1) is 22.3. The third-order valence-electron chi connectivity index (χ3n) is 13.9. The lowest BCUT2D eigenvalue weighted by Crippen LogP contribution is -2.72. The zero-order chi connectivity index (χ0) is 33.1. The molecule has 2 saturated carbocycles. The molecule has 0 amide bonds. The van der Waals surface area contributed by atoms with Gasteiger partial charge in [0.1, 0.15) is 12.2 Å². The third-order valence-corrected chi connectivity index (χ3v) is 14.7. The van der Waals surface area contributed by atoms with Gasteiger partial charge in [0.2, 0.25) is 11.6 Å². The van der Waals surface area contributed by atoms with Crippen LogP contribution in [0.25, 0.3) is 0 Å². The predicted molar refractivity (Wildman–Crippen MR) is 171 cm³/mol. The molecule has 0 radical (unpaired) electrons. The Morgan fingerprint density at radius 3 is 1.81 bits per heavy atom. The standard InChI is InChI=1S/C36H56O10S/c1-18(2)47-32(37)39-28(29-22(6)26-12-10-20(4)24-14-16-34(8)42-31(40-29)36(24,26)46-44-34)17-27-21(5)25-11-9-19(3)23-13-15-33(7)41-30(38-27)35(23,25)45-43-33/h18-31H,9-17H2,1-8H3/t19-,20-,21-,22-,23+,24+,25+,26+,27-,28+,29+,30-,31-,33+,34+,35-,36-/m1/s1. The Hall–Kier alpha value is -0.500. The van der Waals surface area contributed by atoms with Crippen molar-refractivity contribution in [2.24, 2.45) is 47.3 Å².